The summed E-state index contributed by atoms with van der Waals surface area (Å²) in [7, 11) is 0. The second-order valence-corrected chi connectivity index (χ2v) is 7.97. The monoisotopic (exact) mass is 396 g/mol. The van der Waals surface area contributed by atoms with Gasteiger partial charge >= 0.3 is 0 Å². The van der Waals surface area contributed by atoms with Gasteiger partial charge in [0.15, 0.2) is 5.82 Å². The molecule has 7 heteroatoms. The van der Waals surface area contributed by atoms with Crippen LogP contribution in [0.2, 0.25) is 0 Å². The summed E-state index contributed by atoms with van der Waals surface area (Å²) in [5.41, 5.74) is 3.26. The lowest BCUT2D eigenvalue weighted by Gasteiger charge is -2.26. The maximum atomic E-state index is 13.0. The molecule has 2 amide bonds. The van der Waals surface area contributed by atoms with Crippen LogP contribution in [0.3, 0.4) is 0 Å². The molecule has 3 heterocycles. The Hall–Kier alpha value is -2.67. The van der Waals surface area contributed by atoms with Crippen LogP contribution in [-0.2, 0) is 17.7 Å². The van der Waals surface area contributed by atoms with Gasteiger partial charge in [-0.25, -0.2) is 4.98 Å². The van der Waals surface area contributed by atoms with Crippen molar-refractivity contribution in [3.8, 4) is 0 Å². The van der Waals surface area contributed by atoms with Crippen molar-refractivity contribution in [2.45, 2.75) is 45.6 Å². The van der Waals surface area contributed by atoms with Crippen molar-refractivity contribution >= 4 is 17.5 Å². The number of hydrogen-bond donors (Lipinski definition) is 1. The Balaban J connectivity index is 1.58. The van der Waals surface area contributed by atoms with Gasteiger partial charge in [-0.15, -0.1) is 0 Å². The van der Waals surface area contributed by atoms with Crippen LogP contribution in [0.5, 0.6) is 0 Å². The van der Waals surface area contributed by atoms with E-state index in [0.717, 1.165) is 30.6 Å². The van der Waals surface area contributed by atoms with E-state index in [1.54, 1.807) is 4.90 Å². The second kappa shape index (κ2) is 8.37. The number of carbonyl (C=O) groups excluding carboxylic acids is 2. The molecule has 1 aromatic heterocycles. The van der Waals surface area contributed by atoms with E-state index >= 15 is 0 Å². The molecule has 0 bridgehead atoms. The third-order valence-electron chi connectivity index (χ3n) is 5.66. The number of anilines is 1. The number of hydrogen-bond acceptors (Lipinski definition) is 4. The van der Waals surface area contributed by atoms with Crippen LogP contribution in [0.25, 0.3) is 0 Å². The van der Waals surface area contributed by atoms with Crippen LogP contribution < -0.4 is 5.32 Å². The number of morpholine rings is 1. The highest BCUT2D eigenvalue weighted by Crippen LogP contribution is 2.24. The summed E-state index contributed by atoms with van der Waals surface area (Å²) in [5, 5.41) is 2.94. The third kappa shape index (κ3) is 4.05. The van der Waals surface area contributed by atoms with Crippen molar-refractivity contribution in [1.82, 2.24) is 14.5 Å². The molecule has 7 nitrogen and oxygen atoms in total. The van der Waals surface area contributed by atoms with Crippen LogP contribution in [0.15, 0.2) is 24.3 Å². The number of ether oxygens (including phenoxy) is 1. The number of fused-ring (bicyclic) bond motifs is 1. The molecular weight excluding hydrogens is 368 g/mol. The van der Waals surface area contributed by atoms with Gasteiger partial charge in [-0.3, -0.25) is 9.59 Å². The first-order chi connectivity index (χ1) is 14.0. The average molecular weight is 396 g/mol. The fourth-order valence-electron chi connectivity index (χ4n) is 3.94. The lowest BCUT2D eigenvalue weighted by atomic mass is 10.0. The zero-order valence-electron chi connectivity index (χ0n) is 17.1. The molecule has 29 heavy (non-hydrogen) atoms. The SMILES string of the molecule is CC(C)c1ccc(NC(=O)c2nc(C(=O)N3CCOCC3)c3n2CCCC3)cc1. The van der Waals surface area contributed by atoms with E-state index < -0.39 is 0 Å². The minimum Gasteiger partial charge on any atom is -0.378 e. The number of amides is 2. The van der Waals surface area contributed by atoms with E-state index in [-0.39, 0.29) is 11.8 Å². The number of nitrogens with zero attached hydrogens (tertiary/aromatic N) is 3. The van der Waals surface area contributed by atoms with E-state index in [1.807, 2.05) is 28.8 Å². The van der Waals surface area contributed by atoms with Crippen LogP contribution in [0.4, 0.5) is 5.69 Å². The second-order valence-electron chi connectivity index (χ2n) is 7.97. The van der Waals surface area contributed by atoms with Crippen molar-refractivity contribution in [3.05, 3.63) is 47.0 Å². The number of aromatic nitrogens is 2. The summed E-state index contributed by atoms with van der Waals surface area (Å²) in [5.74, 6) is 0.392. The molecule has 2 aliphatic heterocycles. The fraction of sp³-hybridized carbons (Fsp3) is 0.500. The molecule has 0 unspecified atom stereocenters. The Bertz CT molecular complexity index is 896. The highest BCUT2D eigenvalue weighted by atomic mass is 16.5. The van der Waals surface area contributed by atoms with Gasteiger partial charge in [-0.05, 0) is 42.9 Å². The smallest absolute Gasteiger partial charge is 0.291 e. The van der Waals surface area contributed by atoms with E-state index in [0.29, 0.717) is 50.3 Å². The molecule has 0 radical (unpaired) electrons. The molecular formula is C22H28N4O3. The maximum Gasteiger partial charge on any atom is 0.291 e. The topological polar surface area (TPSA) is 76.5 Å². The molecule has 154 valence electrons. The number of rotatable bonds is 4. The van der Waals surface area contributed by atoms with Crippen molar-refractivity contribution in [1.29, 1.82) is 0 Å². The quantitative estimate of drug-likeness (QED) is 0.862. The minimum atomic E-state index is -0.272. The Morgan fingerprint density at radius 2 is 1.79 bits per heavy atom. The summed E-state index contributed by atoms with van der Waals surface area (Å²) >= 11 is 0. The molecule has 1 fully saturated rings. The average Bonchev–Trinajstić information content (AvgIpc) is 3.14. The van der Waals surface area contributed by atoms with Crippen molar-refractivity contribution in [3.63, 3.8) is 0 Å². The predicted octanol–water partition coefficient (Wildman–Crippen LogP) is 3.07. The summed E-state index contributed by atoms with van der Waals surface area (Å²) in [4.78, 5) is 32.3. The normalized spacial score (nSPS) is 16.6. The standard InChI is InChI=1S/C22H28N4O3/c1-15(2)16-6-8-17(9-7-16)23-21(27)20-24-19(18-5-3-4-10-26(18)20)22(28)25-11-13-29-14-12-25/h6-9,15H,3-5,10-14H2,1-2H3,(H,23,27). The molecule has 0 saturated carbocycles. The minimum absolute atomic E-state index is 0.0979. The molecule has 0 spiro atoms. The zero-order chi connectivity index (χ0) is 20.4. The Morgan fingerprint density at radius 3 is 2.48 bits per heavy atom. The summed E-state index contributed by atoms with van der Waals surface area (Å²) in [6, 6.07) is 7.86. The first kappa shape index (κ1) is 19.6. The van der Waals surface area contributed by atoms with Gasteiger partial charge in [0.25, 0.3) is 11.8 Å². The third-order valence-corrected chi connectivity index (χ3v) is 5.66. The van der Waals surface area contributed by atoms with Gasteiger partial charge in [0.2, 0.25) is 0 Å². The van der Waals surface area contributed by atoms with Crippen molar-refractivity contribution in [2.24, 2.45) is 0 Å². The van der Waals surface area contributed by atoms with E-state index in [2.05, 4.69) is 24.1 Å². The van der Waals surface area contributed by atoms with Crippen LogP contribution in [-0.4, -0.2) is 52.6 Å². The molecule has 1 N–H and O–H groups in total. The highest BCUT2D eigenvalue weighted by Gasteiger charge is 2.30. The van der Waals surface area contributed by atoms with Gasteiger partial charge in [-0.1, -0.05) is 26.0 Å². The molecule has 1 aromatic carbocycles. The number of carbonyl (C=O) groups is 2. The van der Waals surface area contributed by atoms with E-state index in [9.17, 15) is 9.59 Å². The van der Waals surface area contributed by atoms with Gasteiger partial charge in [0.1, 0.15) is 5.69 Å². The fourth-order valence-corrected chi connectivity index (χ4v) is 3.94. The largest absolute Gasteiger partial charge is 0.378 e. The number of imidazole rings is 1. The van der Waals surface area contributed by atoms with E-state index in [4.69, 9.17) is 4.74 Å². The molecule has 0 aliphatic carbocycles. The lowest BCUT2D eigenvalue weighted by molar-refractivity contribution is 0.0298. The van der Waals surface area contributed by atoms with Crippen LogP contribution in [0, 0.1) is 0 Å². The molecule has 0 atom stereocenters. The first-order valence-electron chi connectivity index (χ1n) is 10.4. The van der Waals surface area contributed by atoms with Crippen molar-refractivity contribution < 1.29 is 14.3 Å². The zero-order valence-corrected chi connectivity index (χ0v) is 17.1. The summed E-state index contributed by atoms with van der Waals surface area (Å²) in [6.45, 7) is 7.20. The van der Waals surface area contributed by atoms with Crippen LogP contribution in [0.1, 0.15) is 65.0 Å². The predicted molar refractivity (Wildman–Crippen MR) is 110 cm³/mol. The molecule has 4 rings (SSSR count). The summed E-state index contributed by atoms with van der Waals surface area (Å²) < 4.78 is 7.27. The van der Waals surface area contributed by atoms with Gasteiger partial charge in [0, 0.05) is 25.3 Å². The van der Waals surface area contributed by atoms with Gasteiger partial charge in [-0.2, -0.15) is 0 Å². The van der Waals surface area contributed by atoms with Crippen molar-refractivity contribution in [2.75, 3.05) is 31.6 Å². The molecule has 2 aromatic rings. The number of nitrogens with one attached hydrogen (secondary N) is 1. The van der Waals surface area contributed by atoms with Crippen LogP contribution >= 0.6 is 0 Å². The van der Waals surface area contributed by atoms with Gasteiger partial charge < -0.3 is 19.5 Å². The number of benzene rings is 1. The maximum absolute atomic E-state index is 13.0. The van der Waals surface area contributed by atoms with E-state index in [1.165, 1.54) is 5.56 Å². The highest BCUT2D eigenvalue weighted by molar-refractivity contribution is 6.03. The lowest BCUT2D eigenvalue weighted by Crippen LogP contribution is -2.41. The summed E-state index contributed by atoms with van der Waals surface area (Å²) in [6.07, 6.45) is 2.76. The first-order valence-corrected chi connectivity index (χ1v) is 10.4. The Kier molecular flexibility index (Phi) is 5.67. The van der Waals surface area contributed by atoms with Gasteiger partial charge in [0.05, 0.1) is 18.9 Å². The Morgan fingerprint density at radius 1 is 1.07 bits per heavy atom. The Labute approximate surface area is 171 Å². The molecule has 1 saturated heterocycles. The molecule has 2 aliphatic rings.